The van der Waals surface area contributed by atoms with Crippen LogP contribution in [-0.4, -0.2) is 36.7 Å². The molecule has 1 aliphatic carbocycles. The van der Waals surface area contributed by atoms with Gasteiger partial charge in [-0.3, -0.25) is 0 Å². The van der Waals surface area contributed by atoms with E-state index >= 15 is 0 Å². The molecule has 3 rings (SSSR count). The lowest BCUT2D eigenvalue weighted by atomic mass is 9.88. The number of rotatable bonds is 2. The molecule has 1 N–H and O–H groups in total. The molecule has 0 aromatic carbocycles. The molecule has 0 spiro atoms. The van der Waals surface area contributed by atoms with Crippen molar-refractivity contribution < 1.29 is 4.90 Å². The Morgan fingerprint density at radius 3 is 2.50 bits per heavy atom. The van der Waals surface area contributed by atoms with Crippen molar-refractivity contribution in [1.29, 1.82) is 0 Å². The Kier molecular flexibility index (Phi) is 3.95. The zero-order valence-electron chi connectivity index (χ0n) is 12.3. The van der Waals surface area contributed by atoms with Gasteiger partial charge >= 0.3 is 0 Å². The van der Waals surface area contributed by atoms with E-state index in [-0.39, 0.29) is 0 Å². The topological polar surface area (TPSA) is 7.68 Å². The zero-order chi connectivity index (χ0) is 12.5. The summed E-state index contributed by atoms with van der Waals surface area (Å²) in [6, 6.07) is 0.877. The van der Waals surface area contributed by atoms with Crippen LogP contribution in [-0.2, 0) is 0 Å². The molecule has 18 heavy (non-hydrogen) atoms. The van der Waals surface area contributed by atoms with Crippen LogP contribution in [0, 0.1) is 11.8 Å². The third-order valence-corrected chi connectivity index (χ3v) is 5.74. The average molecular weight is 251 g/mol. The fraction of sp³-hybridized carbons (Fsp3) is 1.00. The molecule has 2 aliphatic heterocycles. The molecule has 1 saturated carbocycles. The van der Waals surface area contributed by atoms with E-state index < -0.39 is 0 Å². The normalized spacial score (nSPS) is 43.0. The first-order chi connectivity index (χ1) is 8.74. The Hall–Kier alpha value is -0.0800. The molecule has 2 nitrogen and oxygen atoms in total. The highest BCUT2D eigenvalue weighted by molar-refractivity contribution is 4.80. The summed E-state index contributed by atoms with van der Waals surface area (Å²) in [5.41, 5.74) is 0. The average Bonchev–Trinajstić information content (AvgIpc) is 2.66. The predicted octanol–water partition coefficient (Wildman–Crippen LogP) is 1.91. The third kappa shape index (κ3) is 2.60. The molecule has 2 heteroatoms. The minimum absolute atomic E-state index is 0.873. The van der Waals surface area contributed by atoms with Gasteiger partial charge in [0.05, 0.1) is 19.1 Å². The van der Waals surface area contributed by atoms with Gasteiger partial charge in [-0.1, -0.05) is 26.2 Å². The quantitative estimate of drug-likeness (QED) is 0.788. The summed E-state index contributed by atoms with van der Waals surface area (Å²) in [5.74, 6) is 1.97. The number of hydrogen-bond donors (Lipinski definition) is 1. The van der Waals surface area contributed by atoms with Gasteiger partial charge in [-0.2, -0.15) is 0 Å². The van der Waals surface area contributed by atoms with E-state index in [9.17, 15) is 0 Å². The van der Waals surface area contributed by atoms with E-state index in [1.54, 1.807) is 0 Å². The van der Waals surface area contributed by atoms with Crippen molar-refractivity contribution in [1.82, 2.24) is 4.90 Å². The van der Waals surface area contributed by atoms with Crippen LogP contribution in [0.15, 0.2) is 0 Å². The van der Waals surface area contributed by atoms with Gasteiger partial charge in [-0.15, -0.1) is 0 Å². The van der Waals surface area contributed by atoms with Crippen molar-refractivity contribution >= 4 is 0 Å². The Morgan fingerprint density at radius 1 is 0.944 bits per heavy atom. The van der Waals surface area contributed by atoms with Crippen molar-refractivity contribution in [2.24, 2.45) is 11.8 Å². The number of nitrogens with one attached hydrogen (secondary N) is 1. The molecule has 0 radical (unpaired) electrons. The lowest BCUT2D eigenvalue weighted by Crippen LogP contribution is -3.18. The maximum Gasteiger partial charge on any atom is 0.144 e. The third-order valence-electron chi connectivity index (χ3n) is 5.74. The smallest absolute Gasteiger partial charge is 0.144 e. The standard InChI is InChI=1S/C16H30N2/c1-13-8-9-16-17(10-13)11-14(2)18(16)12-15-6-4-3-5-7-15/h13-16H,3-12H2,1-2H3/p+1. The molecule has 104 valence electrons. The van der Waals surface area contributed by atoms with Crippen LogP contribution in [0.2, 0.25) is 0 Å². The van der Waals surface area contributed by atoms with Gasteiger partial charge in [0.15, 0.2) is 0 Å². The van der Waals surface area contributed by atoms with Crippen LogP contribution >= 0.6 is 0 Å². The molecule has 4 unspecified atom stereocenters. The molecule has 4 atom stereocenters. The van der Waals surface area contributed by atoms with E-state index in [4.69, 9.17) is 0 Å². The molecule has 0 amide bonds. The zero-order valence-corrected chi connectivity index (χ0v) is 12.3. The van der Waals surface area contributed by atoms with E-state index in [1.807, 2.05) is 4.90 Å². The molecular formula is C16H31N2+. The Balaban J connectivity index is 1.60. The summed E-state index contributed by atoms with van der Waals surface area (Å²) >= 11 is 0. The maximum atomic E-state index is 2.80. The highest BCUT2D eigenvalue weighted by atomic mass is 15.4. The van der Waals surface area contributed by atoms with Crippen LogP contribution in [0.5, 0.6) is 0 Å². The van der Waals surface area contributed by atoms with Crippen molar-refractivity contribution in [3.63, 3.8) is 0 Å². The van der Waals surface area contributed by atoms with E-state index in [0.29, 0.717) is 0 Å². The maximum absolute atomic E-state index is 2.80. The minimum atomic E-state index is 0.873. The molecule has 0 bridgehead atoms. The Labute approximate surface area is 113 Å². The minimum Gasteiger partial charge on any atom is -0.316 e. The number of hydrogen-bond acceptors (Lipinski definition) is 1. The van der Waals surface area contributed by atoms with Crippen LogP contribution in [0.3, 0.4) is 0 Å². The summed E-state index contributed by atoms with van der Waals surface area (Å²) in [6.45, 7) is 9.11. The number of nitrogens with zero attached hydrogens (tertiary/aromatic N) is 1. The first kappa shape index (κ1) is 12.9. The second-order valence-electron chi connectivity index (χ2n) is 7.34. The van der Waals surface area contributed by atoms with Gasteiger partial charge in [-0.05, 0) is 32.1 Å². The van der Waals surface area contributed by atoms with Crippen molar-refractivity contribution in [3.8, 4) is 0 Å². The Morgan fingerprint density at radius 2 is 1.72 bits per heavy atom. The highest BCUT2D eigenvalue weighted by Gasteiger charge is 2.44. The molecular weight excluding hydrogens is 220 g/mol. The fourth-order valence-corrected chi connectivity index (χ4v) is 4.72. The van der Waals surface area contributed by atoms with Gasteiger partial charge in [0.25, 0.3) is 0 Å². The molecule has 3 aliphatic rings. The van der Waals surface area contributed by atoms with Crippen molar-refractivity contribution in [2.75, 3.05) is 19.6 Å². The van der Waals surface area contributed by atoms with Gasteiger partial charge in [0.2, 0.25) is 0 Å². The van der Waals surface area contributed by atoms with Gasteiger partial charge in [-0.25, -0.2) is 4.90 Å². The monoisotopic (exact) mass is 251 g/mol. The summed E-state index contributed by atoms with van der Waals surface area (Å²) < 4.78 is 0. The summed E-state index contributed by atoms with van der Waals surface area (Å²) in [7, 11) is 0. The molecule has 3 fully saturated rings. The van der Waals surface area contributed by atoms with E-state index in [1.165, 1.54) is 64.6 Å². The first-order valence-electron chi connectivity index (χ1n) is 8.33. The second-order valence-corrected chi connectivity index (χ2v) is 7.34. The van der Waals surface area contributed by atoms with E-state index in [2.05, 4.69) is 18.7 Å². The van der Waals surface area contributed by atoms with Crippen LogP contribution in [0.25, 0.3) is 0 Å². The van der Waals surface area contributed by atoms with Gasteiger partial charge < -0.3 is 4.90 Å². The SMILES string of the molecule is CC1CCC2N(C1)CC(C)[NH+]2CC1CCCCC1. The second kappa shape index (κ2) is 5.50. The summed E-state index contributed by atoms with van der Waals surface area (Å²) in [5, 5.41) is 0. The van der Waals surface area contributed by atoms with E-state index in [0.717, 1.165) is 24.0 Å². The molecule has 2 heterocycles. The van der Waals surface area contributed by atoms with Gasteiger partial charge in [0, 0.05) is 18.9 Å². The number of quaternary nitrogens is 1. The number of fused-ring (bicyclic) bond motifs is 1. The van der Waals surface area contributed by atoms with Crippen LogP contribution < -0.4 is 4.90 Å². The van der Waals surface area contributed by atoms with Crippen LogP contribution in [0.1, 0.15) is 58.8 Å². The first-order valence-corrected chi connectivity index (χ1v) is 8.33. The summed E-state index contributed by atoms with van der Waals surface area (Å²) in [6.07, 6.45) is 11.3. The Bertz CT molecular complexity index is 272. The predicted molar refractivity (Wildman–Crippen MR) is 75.6 cm³/mol. The molecule has 2 saturated heterocycles. The lowest BCUT2D eigenvalue weighted by Gasteiger charge is -2.36. The van der Waals surface area contributed by atoms with Gasteiger partial charge in [0.1, 0.15) is 6.17 Å². The lowest BCUT2D eigenvalue weighted by molar-refractivity contribution is -0.943. The van der Waals surface area contributed by atoms with Crippen molar-refractivity contribution in [3.05, 3.63) is 0 Å². The summed E-state index contributed by atoms with van der Waals surface area (Å²) in [4.78, 5) is 4.74. The highest BCUT2D eigenvalue weighted by Crippen LogP contribution is 2.25. The molecule has 0 aromatic rings. The molecule has 0 aromatic heterocycles. The van der Waals surface area contributed by atoms with Crippen LogP contribution in [0.4, 0.5) is 0 Å². The van der Waals surface area contributed by atoms with Crippen molar-refractivity contribution in [2.45, 2.75) is 71.0 Å². The largest absolute Gasteiger partial charge is 0.316 e. The fourth-order valence-electron chi connectivity index (χ4n) is 4.72. The number of piperidine rings is 1.